The van der Waals surface area contributed by atoms with Gasteiger partial charge in [-0.25, -0.2) is 0 Å². The molecule has 92 valence electrons. The maximum atomic E-state index is 10.8. The molecule has 0 aromatic heterocycles. The van der Waals surface area contributed by atoms with E-state index in [1.54, 1.807) is 12.1 Å². The molecule has 0 atom stereocenters. The summed E-state index contributed by atoms with van der Waals surface area (Å²) in [6, 6.07) is 7.26. The van der Waals surface area contributed by atoms with Crippen molar-refractivity contribution in [3.63, 3.8) is 0 Å². The van der Waals surface area contributed by atoms with Gasteiger partial charge in [0.1, 0.15) is 0 Å². The van der Waals surface area contributed by atoms with Gasteiger partial charge in [-0.1, -0.05) is 0 Å². The molecule has 5 nitrogen and oxygen atoms in total. The Balaban J connectivity index is 2.35. The molecular formula is C12H16N2O3. The summed E-state index contributed by atoms with van der Waals surface area (Å²) in [6.45, 7) is 2.07. The summed E-state index contributed by atoms with van der Waals surface area (Å²) in [5.74, 6) is -0.889. The second-order valence-electron chi connectivity index (χ2n) is 3.68. The first-order valence-electron chi connectivity index (χ1n) is 5.41. The number of nitrogens with one attached hydrogen (secondary N) is 2. The Bertz CT molecular complexity index is 387. The highest BCUT2D eigenvalue weighted by molar-refractivity contribution is 5.88. The fourth-order valence-electron chi connectivity index (χ4n) is 1.35. The van der Waals surface area contributed by atoms with Gasteiger partial charge in [-0.15, -0.1) is 0 Å². The van der Waals surface area contributed by atoms with Crippen molar-refractivity contribution < 1.29 is 14.7 Å². The van der Waals surface area contributed by atoms with Crippen molar-refractivity contribution in [1.82, 2.24) is 0 Å². The van der Waals surface area contributed by atoms with Crippen LogP contribution in [0.25, 0.3) is 0 Å². The lowest BCUT2D eigenvalue weighted by atomic mass is 10.2. The highest BCUT2D eigenvalue weighted by Crippen LogP contribution is 2.13. The zero-order valence-electron chi connectivity index (χ0n) is 9.69. The molecule has 0 saturated carbocycles. The first-order chi connectivity index (χ1) is 8.08. The van der Waals surface area contributed by atoms with Crippen LogP contribution in [0, 0.1) is 0 Å². The molecule has 17 heavy (non-hydrogen) atoms. The third-order valence-electron chi connectivity index (χ3n) is 2.10. The minimum absolute atomic E-state index is 0.104. The minimum Gasteiger partial charge on any atom is -0.481 e. The molecule has 1 aromatic carbocycles. The zero-order valence-corrected chi connectivity index (χ0v) is 9.69. The van der Waals surface area contributed by atoms with Crippen LogP contribution in [0.15, 0.2) is 24.3 Å². The van der Waals surface area contributed by atoms with Gasteiger partial charge >= 0.3 is 5.97 Å². The summed E-state index contributed by atoms with van der Waals surface area (Å²) < 4.78 is 0. The van der Waals surface area contributed by atoms with Gasteiger partial charge in [0.25, 0.3) is 0 Å². The largest absolute Gasteiger partial charge is 0.481 e. The van der Waals surface area contributed by atoms with E-state index < -0.39 is 5.97 Å². The van der Waals surface area contributed by atoms with Crippen LogP contribution in [0.1, 0.15) is 19.8 Å². The Morgan fingerprint density at radius 1 is 1.18 bits per heavy atom. The van der Waals surface area contributed by atoms with E-state index in [0.717, 1.165) is 11.4 Å². The van der Waals surface area contributed by atoms with E-state index in [1.165, 1.54) is 6.92 Å². The molecule has 0 spiro atoms. The van der Waals surface area contributed by atoms with Crippen LogP contribution in [0.4, 0.5) is 11.4 Å². The number of hydrogen-bond acceptors (Lipinski definition) is 3. The summed E-state index contributed by atoms with van der Waals surface area (Å²) in [7, 11) is 0. The Labute approximate surface area is 99.8 Å². The van der Waals surface area contributed by atoms with Gasteiger partial charge in [0.15, 0.2) is 0 Å². The topological polar surface area (TPSA) is 78.4 Å². The summed E-state index contributed by atoms with van der Waals surface area (Å²) in [5.41, 5.74) is 1.65. The number of carbonyl (C=O) groups excluding carboxylic acids is 1. The molecule has 1 aromatic rings. The van der Waals surface area contributed by atoms with Gasteiger partial charge < -0.3 is 15.7 Å². The van der Waals surface area contributed by atoms with Gasteiger partial charge in [0.2, 0.25) is 5.91 Å². The van der Waals surface area contributed by atoms with Crippen LogP contribution in [0.2, 0.25) is 0 Å². The maximum absolute atomic E-state index is 10.8. The molecule has 0 saturated heterocycles. The van der Waals surface area contributed by atoms with E-state index in [-0.39, 0.29) is 12.3 Å². The first-order valence-corrected chi connectivity index (χ1v) is 5.41. The zero-order chi connectivity index (χ0) is 12.7. The molecule has 0 heterocycles. The van der Waals surface area contributed by atoms with Crippen LogP contribution in [-0.2, 0) is 9.59 Å². The fourth-order valence-corrected chi connectivity index (χ4v) is 1.35. The van der Waals surface area contributed by atoms with Crippen molar-refractivity contribution >= 4 is 23.3 Å². The van der Waals surface area contributed by atoms with Crippen molar-refractivity contribution in [3.8, 4) is 0 Å². The highest BCUT2D eigenvalue weighted by atomic mass is 16.4. The van der Waals surface area contributed by atoms with E-state index in [9.17, 15) is 9.59 Å². The summed E-state index contributed by atoms with van der Waals surface area (Å²) in [5, 5.41) is 14.2. The van der Waals surface area contributed by atoms with Crippen LogP contribution in [0.3, 0.4) is 0 Å². The quantitative estimate of drug-likeness (QED) is 0.659. The average Bonchev–Trinajstić information content (AvgIpc) is 2.25. The fraction of sp³-hybridized carbons (Fsp3) is 0.333. The molecule has 0 radical (unpaired) electrons. The first kappa shape index (κ1) is 13.0. The number of rotatable bonds is 6. The van der Waals surface area contributed by atoms with Crippen LogP contribution in [-0.4, -0.2) is 23.5 Å². The molecule has 0 aliphatic heterocycles. The predicted molar refractivity (Wildman–Crippen MR) is 66.1 cm³/mol. The monoisotopic (exact) mass is 236 g/mol. The molecule has 0 bridgehead atoms. The third kappa shape index (κ3) is 5.55. The van der Waals surface area contributed by atoms with Gasteiger partial charge in [-0.2, -0.15) is 0 Å². The van der Waals surface area contributed by atoms with Gasteiger partial charge in [0, 0.05) is 31.3 Å². The molecule has 0 aliphatic rings. The SMILES string of the molecule is CC(=O)Nc1ccc(NCCCC(=O)O)cc1. The lowest BCUT2D eigenvalue weighted by Crippen LogP contribution is -2.06. The van der Waals surface area contributed by atoms with E-state index in [1.807, 2.05) is 12.1 Å². The van der Waals surface area contributed by atoms with Crippen LogP contribution < -0.4 is 10.6 Å². The number of benzene rings is 1. The Kier molecular flexibility index (Phi) is 5.00. The molecule has 0 fully saturated rings. The Hall–Kier alpha value is -2.04. The standard InChI is InChI=1S/C12H16N2O3/c1-9(15)14-11-6-4-10(5-7-11)13-8-2-3-12(16)17/h4-7,13H,2-3,8H2,1H3,(H,14,15)(H,16,17). The molecule has 5 heteroatoms. The van der Waals surface area contributed by atoms with E-state index in [4.69, 9.17) is 5.11 Å². The van der Waals surface area contributed by atoms with Gasteiger partial charge in [-0.3, -0.25) is 9.59 Å². The number of anilines is 2. The van der Waals surface area contributed by atoms with Crippen molar-refractivity contribution in [1.29, 1.82) is 0 Å². The van der Waals surface area contributed by atoms with Crippen molar-refractivity contribution in [2.75, 3.05) is 17.2 Å². The molecule has 0 unspecified atom stereocenters. The van der Waals surface area contributed by atoms with E-state index in [0.29, 0.717) is 13.0 Å². The normalized spacial score (nSPS) is 9.71. The second kappa shape index (κ2) is 6.52. The minimum atomic E-state index is -0.784. The third-order valence-corrected chi connectivity index (χ3v) is 2.10. The van der Waals surface area contributed by atoms with Crippen LogP contribution in [0.5, 0.6) is 0 Å². The second-order valence-corrected chi connectivity index (χ2v) is 3.68. The average molecular weight is 236 g/mol. The van der Waals surface area contributed by atoms with Gasteiger partial charge in [0.05, 0.1) is 0 Å². The van der Waals surface area contributed by atoms with E-state index >= 15 is 0 Å². The smallest absolute Gasteiger partial charge is 0.303 e. The number of aliphatic carboxylic acids is 1. The lowest BCUT2D eigenvalue weighted by molar-refractivity contribution is -0.137. The van der Waals surface area contributed by atoms with E-state index in [2.05, 4.69) is 10.6 Å². The molecule has 0 aliphatic carbocycles. The highest BCUT2D eigenvalue weighted by Gasteiger charge is 1.98. The van der Waals surface area contributed by atoms with Crippen molar-refractivity contribution in [2.24, 2.45) is 0 Å². The number of hydrogen-bond donors (Lipinski definition) is 3. The molecule has 1 rings (SSSR count). The number of carboxylic acids is 1. The molecular weight excluding hydrogens is 220 g/mol. The number of carbonyl (C=O) groups is 2. The van der Waals surface area contributed by atoms with Crippen molar-refractivity contribution in [2.45, 2.75) is 19.8 Å². The van der Waals surface area contributed by atoms with Crippen molar-refractivity contribution in [3.05, 3.63) is 24.3 Å². The van der Waals surface area contributed by atoms with Crippen LogP contribution >= 0.6 is 0 Å². The lowest BCUT2D eigenvalue weighted by Gasteiger charge is -2.07. The Morgan fingerprint density at radius 2 is 1.76 bits per heavy atom. The summed E-state index contributed by atoms with van der Waals surface area (Å²) in [4.78, 5) is 21.1. The number of amides is 1. The Morgan fingerprint density at radius 3 is 2.29 bits per heavy atom. The van der Waals surface area contributed by atoms with Gasteiger partial charge in [-0.05, 0) is 30.7 Å². The summed E-state index contributed by atoms with van der Waals surface area (Å²) in [6.07, 6.45) is 0.750. The molecule has 1 amide bonds. The summed E-state index contributed by atoms with van der Waals surface area (Å²) >= 11 is 0. The maximum Gasteiger partial charge on any atom is 0.303 e. The predicted octanol–water partition coefficient (Wildman–Crippen LogP) is 1.92. The number of carboxylic acid groups (broad SMARTS) is 1. The molecule has 3 N–H and O–H groups in total.